The number of rotatable bonds is 5. The van der Waals surface area contributed by atoms with Crippen LogP contribution in [0.2, 0.25) is 0 Å². The van der Waals surface area contributed by atoms with Crippen LogP contribution in [0.4, 0.5) is 0 Å². The lowest BCUT2D eigenvalue weighted by Crippen LogP contribution is -1.91. The first-order chi connectivity index (χ1) is 16.0. The van der Waals surface area contributed by atoms with E-state index in [-0.39, 0.29) is 0 Å². The van der Waals surface area contributed by atoms with E-state index < -0.39 is 0 Å². The third kappa shape index (κ3) is 4.36. The number of nitrogens with zero attached hydrogens (tertiary/aromatic N) is 1. The van der Waals surface area contributed by atoms with Gasteiger partial charge in [0.25, 0.3) is 0 Å². The van der Waals surface area contributed by atoms with E-state index in [9.17, 15) is 0 Å². The van der Waals surface area contributed by atoms with Gasteiger partial charge in [0, 0.05) is 26.9 Å². The molecular formula is C31H29NS. The molecule has 0 unspecified atom stereocenters. The fourth-order valence-corrected chi connectivity index (χ4v) is 5.45. The maximum absolute atomic E-state index is 4.74. The van der Waals surface area contributed by atoms with E-state index in [0.29, 0.717) is 11.8 Å². The number of aromatic nitrogens is 1. The van der Waals surface area contributed by atoms with Gasteiger partial charge in [-0.3, -0.25) is 4.98 Å². The Labute approximate surface area is 200 Å². The maximum atomic E-state index is 4.74. The van der Waals surface area contributed by atoms with Crippen molar-refractivity contribution in [2.75, 3.05) is 0 Å². The molecule has 0 aliphatic rings. The molecule has 0 N–H and O–H groups in total. The summed E-state index contributed by atoms with van der Waals surface area (Å²) in [5.74, 6) is 1.00. The van der Waals surface area contributed by atoms with Crippen molar-refractivity contribution < 1.29 is 0 Å². The molecule has 0 aliphatic carbocycles. The fourth-order valence-electron chi connectivity index (χ4n) is 4.27. The Morgan fingerprint density at radius 3 is 2.06 bits per heavy atom. The molecule has 0 aliphatic heterocycles. The number of hydrogen-bond donors (Lipinski definition) is 0. The molecule has 0 amide bonds. The van der Waals surface area contributed by atoms with Crippen LogP contribution in [-0.4, -0.2) is 4.98 Å². The highest BCUT2D eigenvalue weighted by Gasteiger charge is 2.14. The van der Waals surface area contributed by atoms with Gasteiger partial charge >= 0.3 is 0 Å². The predicted octanol–water partition coefficient (Wildman–Crippen LogP) is 9.54. The second-order valence-electron chi connectivity index (χ2n) is 9.32. The minimum Gasteiger partial charge on any atom is -0.256 e. The van der Waals surface area contributed by atoms with Crippen molar-refractivity contribution in [3.05, 3.63) is 102 Å². The normalized spacial score (nSPS) is 11.6. The molecule has 3 aromatic carbocycles. The first kappa shape index (κ1) is 21.6. The SMILES string of the molecule is CC(C)c1ccc(-c2cc(-c3cc(C(C)C)ccn3)cc3cc(-c4ccccc4)sc23)cc1. The lowest BCUT2D eigenvalue weighted by Gasteiger charge is -2.11. The van der Waals surface area contributed by atoms with Crippen LogP contribution in [0, 0.1) is 0 Å². The molecule has 2 heterocycles. The summed E-state index contributed by atoms with van der Waals surface area (Å²) in [6, 6.07) is 31.1. The molecule has 0 spiro atoms. The average molecular weight is 448 g/mol. The Balaban J connectivity index is 1.72. The second-order valence-corrected chi connectivity index (χ2v) is 10.4. The lowest BCUT2D eigenvalue weighted by molar-refractivity contribution is 0.864. The number of pyridine rings is 1. The Bertz CT molecular complexity index is 1390. The Morgan fingerprint density at radius 2 is 1.36 bits per heavy atom. The first-order valence-electron chi connectivity index (χ1n) is 11.7. The van der Waals surface area contributed by atoms with Crippen molar-refractivity contribution in [1.82, 2.24) is 4.98 Å². The molecule has 164 valence electrons. The van der Waals surface area contributed by atoms with Crippen molar-refractivity contribution in [3.63, 3.8) is 0 Å². The zero-order chi connectivity index (χ0) is 22.9. The standard InChI is InChI=1S/C31H29NS/c1-20(2)22-10-12-23(13-11-22)28-17-26(29-18-25(21(3)4)14-15-32-29)16-27-19-30(33-31(27)28)24-8-6-5-7-9-24/h5-21H,1-4H3. The predicted molar refractivity (Wildman–Crippen MR) is 144 cm³/mol. The van der Waals surface area contributed by atoms with E-state index >= 15 is 0 Å². The van der Waals surface area contributed by atoms with Gasteiger partial charge in [0.05, 0.1) is 5.69 Å². The summed E-state index contributed by atoms with van der Waals surface area (Å²) in [4.78, 5) is 6.04. The molecular weight excluding hydrogens is 418 g/mol. The smallest absolute Gasteiger partial charge is 0.0705 e. The topological polar surface area (TPSA) is 12.9 Å². The number of benzene rings is 3. The van der Waals surface area contributed by atoms with Gasteiger partial charge < -0.3 is 0 Å². The molecule has 1 nitrogen and oxygen atoms in total. The van der Waals surface area contributed by atoms with E-state index in [2.05, 4.69) is 113 Å². The van der Waals surface area contributed by atoms with Gasteiger partial charge in [-0.25, -0.2) is 0 Å². The number of fused-ring (bicyclic) bond motifs is 1. The molecule has 0 bridgehead atoms. The van der Waals surface area contributed by atoms with Crippen LogP contribution in [-0.2, 0) is 0 Å². The zero-order valence-corrected chi connectivity index (χ0v) is 20.5. The van der Waals surface area contributed by atoms with Gasteiger partial charge in [-0.15, -0.1) is 11.3 Å². The number of hydrogen-bond acceptors (Lipinski definition) is 2. The minimum atomic E-state index is 0.476. The van der Waals surface area contributed by atoms with E-state index in [0.717, 1.165) is 5.69 Å². The molecule has 0 saturated heterocycles. The monoisotopic (exact) mass is 447 g/mol. The number of thiophene rings is 1. The highest BCUT2D eigenvalue weighted by Crippen LogP contribution is 2.42. The molecule has 5 rings (SSSR count). The fraction of sp³-hybridized carbons (Fsp3) is 0.194. The van der Waals surface area contributed by atoms with Gasteiger partial charge in [0.2, 0.25) is 0 Å². The van der Waals surface area contributed by atoms with E-state index in [1.165, 1.54) is 48.3 Å². The lowest BCUT2D eigenvalue weighted by atomic mass is 9.95. The Kier molecular flexibility index (Phi) is 5.86. The van der Waals surface area contributed by atoms with Gasteiger partial charge in [0.15, 0.2) is 0 Å². The van der Waals surface area contributed by atoms with E-state index in [4.69, 9.17) is 4.98 Å². The molecule has 33 heavy (non-hydrogen) atoms. The van der Waals surface area contributed by atoms with Crippen LogP contribution in [0.25, 0.3) is 42.9 Å². The first-order valence-corrected chi connectivity index (χ1v) is 12.5. The van der Waals surface area contributed by atoms with Crippen LogP contribution in [0.5, 0.6) is 0 Å². The van der Waals surface area contributed by atoms with Crippen molar-refractivity contribution in [2.24, 2.45) is 0 Å². The summed E-state index contributed by atoms with van der Waals surface area (Å²) >= 11 is 1.87. The van der Waals surface area contributed by atoms with Crippen molar-refractivity contribution in [3.8, 4) is 32.8 Å². The molecule has 0 radical (unpaired) electrons. The quantitative estimate of drug-likeness (QED) is 0.261. The van der Waals surface area contributed by atoms with E-state index in [1.807, 2.05) is 17.5 Å². The van der Waals surface area contributed by atoms with Crippen LogP contribution in [0.1, 0.15) is 50.7 Å². The highest BCUT2D eigenvalue weighted by molar-refractivity contribution is 7.22. The van der Waals surface area contributed by atoms with Gasteiger partial charge in [0.1, 0.15) is 0 Å². The molecule has 5 aromatic rings. The van der Waals surface area contributed by atoms with Crippen LogP contribution in [0.15, 0.2) is 91.1 Å². The van der Waals surface area contributed by atoms with Crippen LogP contribution < -0.4 is 0 Å². The van der Waals surface area contributed by atoms with Gasteiger partial charge in [-0.2, -0.15) is 0 Å². The summed E-state index contributed by atoms with van der Waals surface area (Å²) in [6.45, 7) is 8.95. The summed E-state index contributed by atoms with van der Waals surface area (Å²) in [5, 5.41) is 1.27. The van der Waals surface area contributed by atoms with Crippen LogP contribution >= 0.6 is 11.3 Å². The minimum absolute atomic E-state index is 0.476. The van der Waals surface area contributed by atoms with Crippen molar-refractivity contribution in [1.29, 1.82) is 0 Å². The van der Waals surface area contributed by atoms with Crippen molar-refractivity contribution >= 4 is 21.4 Å². The van der Waals surface area contributed by atoms with Crippen molar-refractivity contribution in [2.45, 2.75) is 39.5 Å². The summed E-state index contributed by atoms with van der Waals surface area (Å²) < 4.78 is 1.33. The molecule has 2 aromatic heterocycles. The molecule has 0 atom stereocenters. The maximum Gasteiger partial charge on any atom is 0.0705 e. The molecule has 2 heteroatoms. The average Bonchev–Trinajstić information content (AvgIpc) is 3.28. The second kappa shape index (κ2) is 8.96. The third-order valence-electron chi connectivity index (χ3n) is 6.31. The van der Waals surface area contributed by atoms with Gasteiger partial charge in [-0.1, -0.05) is 82.3 Å². The molecule has 0 saturated carbocycles. The van der Waals surface area contributed by atoms with Gasteiger partial charge in [-0.05, 0) is 69.8 Å². The highest BCUT2D eigenvalue weighted by atomic mass is 32.1. The summed E-state index contributed by atoms with van der Waals surface area (Å²) in [5.41, 5.74) is 8.70. The Hall–Kier alpha value is -3.23. The molecule has 0 fully saturated rings. The Morgan fingerprint density at radius 1 is 0.636 bits per heavy atom. The zero-order valence-electron chi connectivity index (χ0n) is 19.7. The van der Waals surface area contributed by atoms with E-state index in [1.54, 1.807) is 0 Å². The summed E-state index contributed by atoms with van der Waals surface area (Å²) in [6.07, 6.45) is 1.94. The third-order valence-corrected chi connectivity index (χ3v) is 7.54. The van der Waals surface area contributed by atoms with Crippen LogP contribution in [0.3, 0.4) is 0 Å². The largest absolute Gasteiger partial charge is 0.256 e. The summed E-state index contributed by atoms with van der Waals surface area (Å²) in [7, 11) is 0.